The summed E-state index contributed by atoms with van der Waals surface area (Å²) in [5.74, 6) is 0.000703. The molecule has 0 radical (unpaired) electrons. The van der Waals surface area contributed by atoms with Gasteiger partial charge in [0.25, 0.3) is 5.56 Å². The molecule has 200 valence electrons. The number of anilines is 1. The van der Waals surface area contributed by atoms with E-state index in [2.05, 4.69) is 33.9 Å². The van der Waals surface area contributed by atoms with Gasteiger partial charge in [0.1, 0.15) is 5.82 Å². The molecule has 3 rings (SSSR count). The van der Waals surface area contributed by atoms with Gasteiger partial charge in [-0.25, -0.2) is 17.8 Å². The minimum Gasteiger partial charge on any atom is -0.417 e. The summed E-state index contributed by atoms with van der Waals surface area (Å²) in [6.45, 7) is 13.4. The van der Waals surface area contributed by atoms with Gasteiger partial charge in [0.15, 0.2) is 14.1 Å². The van der Waals surface area contributed by atoms with Gasteiger partial charge in [-0.05, 0) is 48.7 Å². The Hall–Kier alpha value is -2.08. The Morgan fingerprint density at radius 3 is 2.25 bits per heavy atom. The molecule has 1 fully saturated rings. The van der Waals surface area contributed by atoms with Crippen LogP contribution in [0.4, 0.5) is 10.2 Å². The van der Waals surface area contributed by atoms with Crippen molar-refractivity contribution >= 4 is 24.2 Å². The minimum atomic E-state index is -3.28. The molecule has 8 nitrogen and oxygen atoms in total. The van der Waals surface area contributed by atoms with Crippen molar-refractivity contribution in [1.29, 1.82) is 0 Å². The molecule has 1 aliphatic heterocycles. The van der Waals surface area contributed by atoms with E-state index < -0.39 is 18.3 Å². The predicted octanol–water partition coefficient (Wildman–Crippen LogP) is 3.47. The molecule has 2 aromatic rings. The minimum absolute atomic E-state index is 0.134. The number of aromatic nitrogens is 2. The van der Waals surface area contributed by atoms with E-state index in [1.54, 1.807) is 22.9 Å². The molecule has 1 aliphatic rings. The number of nitrogens with zero attached hydrogens (tertiary/aromatic N) is 4. The maximum Gasteiger partial charge on any atom is 0.293 e. The van der Waals surface area contributed by atoms with Crippen molar-refractivity contribution in [3.05, 3.63) is 57.9 Å². The lowest BCUT2D eigenvalue weighted by molar-refractivity contribution is 0.282. The third-order valence-corrected chi connectivity index (χ3v) is 13.0. The first kappa shape index (κ1) is 28.5. The average Bonchev–Trinajstić information content (AvgIpc) is 2.79. The molecule has 11 heteroatoms. The maximum absolute atomic E-state index is 13.4. The molecular weight excluding hydrogens is 499 g/mol. The lowest BCUT2D eigenvalue weighted by Crippen LogP contribution is -2.50. The monoisotopic (exact) mass is 538 g/mol. The second-order valence-corrected chi connectivity index (χ2v) is 17.8. The Morgan fingerprint density at radius 1 is 1.08 bits per heavy atom. The average molecular weight is 539 g/mol. The molecule has 0 aliphatic carbocycles. The number of aryl methyl sites for hydroxylation is 1. The number of halogens is 1. The largest absolute Gasteiger partial charge is 0.417 e. The molecule has 0 N–H and O–H groups in total. The Labute approximate surface area is 215 Å². The summed E-state index contributed by atoms with van der Waals surface area (Å²) >= 11 is 0. The van der Waals surface area contributed by atoms with Gasteiger partial charge in [-0.2, -0.15) is 4.31 Å². The molecule has 0 amide bonds. The Morgan fingerprint density at radius 2 is 1.69 bits per heavy atom. The predicted molar refractivity (Wildman–Crippen MR) is 144 cm³/mol. The van der Waals surface area contributed by atoms with Crippen LogP contribution in [-0.2, 0) is 27.4 Å². The second kappa shape index (κ2) is 11.1. The quantitative estimate of drug-likeness (QED) is 0.359. The fourth-order valence-electron chi connectivity index (χ4n) is 3.84. The number of benzene rings is 1. The van der Waals surface area contributed by atoms with E-state index in [9.17, 15) is 17.6 Å². The summed E-state index contributed by atoms with van der Waals surface area (Å²) in [5, 5.41) is 0.134. The molecular formula is C25H39FN4O4SSi. The Bertz CT molecular complexity index is 1200. The summed E-state index contributed by atoms with van der Waals surface area (Å²) in [6.07, 6.45) is 4.39. The van der Waals surface area contributed by atoms with E-state index >= 15 is 0 Å². The fraction of sp³-hybridized carbons (Fsp3) is 0.600. The molecule has 2 heterocycles. The zero-order valence-electron chi connectivity index (χ0n) is 22.3. The molecule has 0 spiro atoms. The molecule has 1 aromatic heterocycles. The van der Waals surface area contributed by atoms with Crippen LogP contribution in [0.25, 0.3) is 0 Å². The first-order valence-corrected chi connectivity index (χ1v) is 17.1. The topological polar surface area (TPSA) is 84.7 Å². The van der Waals surface area contributed by atoms with Crippen LogP contribution in [-0.4, -0.2) is 69.6 Å². The van der Waals surface area contributed by atoms with Gasteiger partial charge in [0, 0.05) is 39.0 Å². The van der Waals surface area contributed by atoms with Gasteiger partial charge in [-0.1, -0.05) is 32.9 Å². The van der Waals surface area contributed by atoms with Crippen molar-refractivity contribution in [2.24, 2.45) is 0 Å². The Kier molecular flexibility index (Phi) is 8.80. The van der Waals surface area contributed by atoms with Gasteiger partial charge in [0.05, 0.1) is 18.5 Å². The van der Waals surface area contributed by atoms with Crippen molar-refractivity contribution in [3.63, 3.8) is 0 Å². The van der Waals surface area contributed by atoms with Crippen LogP contribution in [0.15, 0.2) is 35.3 Å². The Balaban J connectivity index is 1.81. The number of hydrogen-bond donors (Lipinski definition) is 0. The third-order valence-electron chi connectivity index (χ3n) is 7.13. The van der Waals surface area contributed by atoms with Crippen LogP contribution >= 0.6 is 0 Å². The number of hydrogen-bond acceptors (Lipinski definition) is 6. The van der Waals surface area contributed by atoms with E-state index in [0.29, 0.717) is 51.6 Å². The summed E-state index contributed by atoms with van der Waals surface area (Å²) in [5.41, 5.74) is 1.34. The highest BCUT2D eigenvalue weighted by atomic mass is 32.2. The summed E-state index contributed by atoms with van der Waals surface area (Å²) < 4.78 is 46.5. The lowest BCUT2D eigenvalue weighted by Gasteiger charge is -2.36. The molecule has 0 atom stereocenters. The van der Waals surface area contributed by atoms with Gasteiger partial charge in [-0.15, -0.1) is 0 Å². The number of sulfonamides is 1. The zero-order valence-corrected chi connectivity index (χ0v) is 24.1. The molecule has 1 aromatic carbocycles. The highest BCUT2D eigenvalue weighted by molar-refractivity contribution is 7.88. The standard InChI is InChI=1S/C25H39FN4O4SSi/c1-25(2,3)36(5,6)34-17-7-8-22-19-29(18-20-9-11-21(26)12-10-20)24(31)23(27-22)28-13-15-30(16-14-28)35(4,32)33/h9-12,19H,7-8,13-18H2,1-6H3. The van der Waals surface area contributed by atoms with Crippen LogP contribution in [0.3, 0.4) is 0 Å². The van der Waals surface area contributed by atoms with Crippen molar-refractivity contribution < 1.29 is 17.2 Å². The van der Waals surface area contributed by atoms with E-state index in [1.165, 1.54) is 22.7 Å². The van der Waals surface area contributed by atoms with Gasteiger partial charge in [-0.3, -0.25) is 4.79 Å². The van der Waals surface area contributed by atoms with E-state index in [4.69, 9.17) is 9.41 Å². The fourth-order valence-corrected chi connectivity index (χ4v) is 5.75. The zero-order chi connectivity index (χ0) is 26.7. The van der Waals surface area contributed by atoms with E-state index in [1.807, 2.05) is 4.90 Å². The molecule has 0 saturated carbocycles. The van der Waals surface area contributed by atoms with Crippen LogP contribution in [0, 0.1) is 5.82 Å². The van der Waals surface area contributed by atoms with Crippen LogP contribution in [0.1, 0.15) is 38.4 Å². The highest BCUT2D eigenvalue weighted by Gasteiger charge is 2.36. The first-order chi connectivity index (χ1) is 16.7. The van der Waals surface area contributed by atoms with Crippen molar-refractivity contribution in [2.75, 3.05) is 43.9 Å². The maximum atomic E-state index is 13.4. The van der Waals surface area contributed by atoms with Crippen LogP contribution < -0.4 is 10.5 Å². The van der Waals surface area contributed by atoms with E-state index in [-0.39, 0.29) is 16.4 Å². The summed E-state index contributed by atoms with van der Waals surface area (Å²) in [4.78, 5) is 19.9. The second-order valence-electron chi connectivity index (χ2n) is 11.0. The van der Waals surface area contributed by atoms with Crippen molar-refractivity contribution in [2.45, 2.75) is 58.3 Å². The molecule has 1 saturated heterocycles. The number of piperazine rings is 1. The normalized spacial score (nSPS) is 15.9. The highest BCUT2D eigenvalue weighted by Crippen LogP contribution is 2.36. The van der Waals surface area contributed by atoms with Crippen molar-refractivity contribution in [1.82, 2.24) is 13.9 Å². The first-order valence-electron chi connectivity index (χ1n) is 12.4. The third kappa shape index (κ3) is 7.24. The summed E-state index contributed by atoms with van der Waals surface area (Å²) in [6, 6.07) is 6.09. The SMILES string of the molecule is CC(C)(C)[Si](C)(C)OCCCc1cn(Cc2ccc(F)cc2)c(=O)c(N2CCN(S(C)(=O)=O)CC2)n1. The summed E-state index contributed by atoms with van der Waals surface area (Å²) in [7, 11) is -5.12. The van der Waals surface area contributed by atoms with Gasteiger partial charge >= 0.3 is 0 Å². The molecule has 0 bridgehead atoms. The van der Waals surface area contributed by atoms with E-state index in [0.717, 1.165) is 17.7 Å². The molecule has 36 heavy (non-hydrogen) atoms. The van der Waals surface area contributed by atoms with Crippen LogP contribution in [0.2, 0.25) is 18.1 Å². The van der Waals surface area contributed by atoms with Gasteiger partial charge < -0.3 is 13.9 Å². The number of rotatable bonds is 9. The lowest BCUT2D eigenvalue weighted by atomic mass is 10.2. The smallest absolute Gasteiger partial charge is 0.293 e. The van der Waals surface area contributed by atoms with Crippen LogP contribution in [0.5, 0.6) is 0 Å². The van der Waals surface area contributed by atoms with Crippen molar-refractivity contribution in [3.8, 4) is 0 Å². The van der Waals surface area contributed by atoms with Gasteiger partial charge in [0.2, 0.25) is 10.0 Å². The molecule has 0 unspecified atom stereocenters.